The molecule has 1 saturated heterocycles. The van der Waals surface area contributed by atoms with Crippen LogP contribution in [0, 0.1) is 0 Å². The Hall–Kier alpha value is -4.67. The molecule has 6 rings (SSSR count). The van der Waals surface area contributed by atoms with Crippen LogP contribution in [0.4, 0.5) is 5.69 Å². The van der Waals surface area contributed by atoms with Gasteiger partial charge in [0.15, 0.2) is 12.4 Å². The van der Waals surface area contributed by atoms with Crippen LogP contribution in [-0.4, -0.2) is 73.7 Å². The molecular weight excluding hydrogens is 558 g/mol. The molecular formula is C31H28ClN5O5. The van der Waals surface area contributed by atoms with Gasteiger partial charge in [0.1, 0.15) is 11.3 Å². The highest BCUT2D eigenvalue weighted by molar-refractivity contribution is 6.31. The van der Waals surface area contributed by atoms with E-state index in [1.54, 1.807) is 47.4 Å². The molecule has 0 bridgehead atoms. The average molecular weight is 586 g/mol. The smallest absolute Gasteiger partial charge is 0.282 e. The summed E-state index contributed by atoms with van der Waals surface area (Å²) in [6, 6.07) is 19.7. The number of benzene rings is 3. The summed E-state index contributed by atoms with van der Waals surface area (Å²) >= 11 is 6.18. The van der Waals surface area contributed by atoms with Gasteiger partial charge in [0.05, 0.1) is 30.3 Å². The number of hydrogen-bond acceptors (Lipinski definition) is 8. The molecule has 0 saturated carbocycles. The lowest BCUT2D eigenvalue weighted by molar-refractivity contribution is -0.137. The van der Waals surface area contributed by atoms with Crippen molar-refractivity contribution in [1.82, 2.24) is 14.6 Å². The summed E-state index contributed by atoms with van der Waals surface area (Å²) < 4.78 is 18.6. The Bertz CT molecular complexity index is 1870. The van der Waals surface area contributed by atoms with E-state index in [1.807, 2.05) is 43.3 Å². The Morgan fingerprint density at radius 1 is 1.10 bits per heavy atom. The second kappa shape index (κ2) is 11.7. The van der Waals surface area contributed by atoms with Crippen molar-refractivity contribution in [2.75, 3.05) is 51.9 Å². The normalized spacial score (nSPS) is 13.7. The van der Waals surface area contributed by atoms with Gasteiger partial charge in [0, 0.05) is 54.9 Å². The first-order valence-corrected chi connectivity index (χ1v) is 13.8. The van der Waals surface area contributed by atoms with Crippen molar-refractivity contribution < 1.29 is 18.7 Å². The number of fused-ring (bicyclic) bond motifs is 2. The van der Waals surface area contributed by atoms with Gasteiger partial charge >= 0.3 is 0 Å². The molecule has 0 N–H and O–H groups in total. The predicted octanol–water partition coefficient (Wildman–Crippen LogP) is 4.65. The number of aromatic nitrogens is 2. The fourth-order valence-electron chi connectivity index (χ4n) is 4.71. The van der Waals surface area contributed by atoms with Gasteiger partial charge in [-0.3, -0.25) is 9.59 Å². The number of hydrogen-bond donors (Lipinski definition) is 0. The number of anilines is 1. The molecule has 214 valence electrons. The van der Waals surface area contributed by atoms with Crippen molar-refractivity contribution in [1.29, 1.82) is 0 Å². The third-order valence-electron chi connectivity index (χ3n) is 6.99. The van der Waals surface area contributed by atoms with E-state index in [4.69, 9.17) is 30.5 Å². The highest BCUT2D eigenvalue weighted by Crippen LogP contribution is 2.29. The number of carbonyl (C=O) groups excluding carboxylic acids is 1. The van der Waals surface area contributed by atoms with Crippen LogP contribution < -0.4 is 15.2 Å². The number of halogens is 1. The van der Waals surface area contributed by atoms with Crippen LogP contribution in [0.5, 0.6) is 5.75 Å². The van der Waals surface area contributed by atoms with E-state index in [2.05, 4.69) is 5.10 Å². The molecule has 0 unspecified atom stereocenters. The van der Waals surface area contributed by atoms with Crippen LogP contribution in [0.2, 0.25) is 5.02 Å². The molecule has 0 spiro atoms. The first-order valence-electron chi connectivity index (χ1n) is 13.4. The summed E-state index contributed by atoms with van der Waals surface area (Å²) in [5.74, 6) is 0.923. The van der Waals surface area contributed by atoms with Crippen LogP contribution in [0.3, 0.4) is 0 Å². The number of carbonyl (C=O) groups is 1. The Morgan fingerprint density at radius 3 is 2.71 bits per heavy atom. The van der Waals surface area contributed by atoms with Crippen LogP contribution in [0.1, 0.15) is 5.56 Å². The summed E-state index contributed by atoms with van der Waals surface area (Å²) in [5.41, 5.74) is 2.22. The van der Waals surface area contributed by atoms with Crippen molar-refractivity contribution in [2.24, 2.45) is 5.10 Å². The van der Waals surface area contributed by atoms with Gasteiger partial charge in [-0.2, -0.15) is 9.78 Å². The number of nitrogens with zero attached hydrogens (tertiary/aromatic N) is 5. The monoisotopic (exact) mass is 585 g/mol. The van der Waals surface area contributed by atoms with Gasteiger partial charge in [0.2, 0.25) is 5.82 Å². The second-order valence-electron chi connectivity index (χ2n) is 10.0. The number of amides is 1. The number of ether oxygens (including phenoxy) is 2. The Kier molecular flexibility index (Phi) is 7.64. The maximum absolute atomic E-state index is 13.7. The predicted molar refractivity (Wildman–Crippen MR) is 163 cm³/mol. The van der Waals surface area contributed by atoms with E-state index in [0.717, 1.165) is 11.1 Å². The minimum atomic E-state index is -0.361. The Morgan fingerprint density at radius 2 is 1.90 bits per heavy atom. The van der Waals surface area contributed by atoms with E-state index >= 15 is 0 Å². The summed E-state index contributed by atoms with van der Waals surface area (Å²) in [4.78, 5) is 34.8. The fourth-order valence-corrected chi connectivity index (χ4v) is 4.89. The SMILES string of the molecule is CN(C)c1ccc(C=Nn2c(-c3cc4cc(Cl)ccc4o3)nc3ccccc3c2=O)c(OCC(=O)N2CCOCC2)c1. The first kappa shape index (κ1) is 27.5. The molecule has 0 atom stereocenters. The molecule has 3 aromatic carbocycles. The molecule has 1 aliphatic rings. The van der Waals surface area contributed by atoms with Crippen molar-refractivity contribution in [3.8, 4) is 17.3 Å². The summed E-state index contributed by atoms with van der Waals surface area (Å²) in [6.45, 7) is 1.94. The second-order valence-corrected chi connectivity index (χ2v) is 10.4. The molecule has 1 aliphatic heterocycles. The molecule has 0 aliphatic carbocycles. The van der Waals surface area contributed by atoms with Gasteiger partial charge in [-0.05, 0) is 48.5 Å². The highest BCUT2D eigenvalue weighted by atomic mass is 35.5. The minimum Gasteiger partial charge on any atom is -0.483 e. The van der Waals surface area contributed by atoms with Crippen LogP contribution in [0.25, 0.3) is 33.5 Å². The minimum absolute atomic E-state index is 0.126. The van der Waals surface area contributed by atoms with Gasteiger partial charge < -0.3 is 23.7 Å². The van der Waals surface area contributed by atoms with Crippen molar-refractivity contribution in [3.63, 3.8) is 0 Å². The van der Waals surface area contributed by atoms with Gasteiger partial charge in [0.25, 0.3) is 11.5 Å². The Balaban J connectivity index is 1.40. The van der Waals surface area contributed by atoms with Crippen LogP contribution in [-0.2, 0) is 9.53 Å². The third kappa shape index (κ3) is 5.59. The third-order valence-corrected chi connectivity index (χ3v) is 7.23. The lowest BCUT2D eigenvalue weighted by atomic mass is 10.2. The lowest BCUT2D eigenvalue weighted by Gasteiger charge is -2.27. The maximum atomic E-state index is 13.7. The first-order chi connectivity index (χ1) is 20.4. The van der Waals surface area contributed by atoms with Crippen LogP contribution >= 0.6 is 11.6 Å². The van der Waals surface area contributed by atoms with Crippen LogP contribution in [0.15, 0.2) is 81.0 Å². The molecule has 10 nitrogen and oxygen atoms in total. The van der Waals surface area contributed by atoms with Crippen molar-refractivity contribution in [2.45, 2.75) is 0 Å². The molecule has 3 heterocycles. The molecule has 0 radical (unpaired) electrons. The largest absolute Gasteiger partial charge is 0.483 e. The number of para-hydroxylation sites is 1. The lowest BCUT2D eigenvalue weighted by Crippen LogP contribution is -2.43. The Labute approximate surface area is 246 Å². The molecule has 2 aromatic heterocycles. The topological polar surface area (TPSA) is 102 Å². The quantitative estimate of drug-likeness (QED) is 0.256. The number of furan rings is 1. The average Bonchev–Trinajstić information content (AvgIpc) is 3.43. The van der Waals surface area contributed by atoms with E-state index in [0.29, 0.717) is 64.9 Å². The zero-order chi connectivity index (χ0) is 29.2. The van der Waals surface area contributed by atoms with Gasteiger partial charge in [-0.15, -0.1) is 0 Å². The molecule has 1 fully saturated rings. The number of rotatable bonds is 7. The van der Waals surface area contributed by atoms with Crippen molar-refractivity contribution in [3.05, 3.63) is 87.7 Å². The molecule has 5 aromatic rings. The maximum Gasteiger partial charge on any atom is 0.282 e. The zero-order valence-corrected chi connectivity index (χ0v) is 23.9. The van der Waals surface area contributed by atoms with Gasteiger partial charge in [-0.25, -0.2) is 4.98 Å². The van der Waals surface area contributed by atoms with E-state index < -0.39 is 0 Å². The van der Waals surface area contributed by atoms with E-state index in [9.17, 15) is 9.59 Å². The summed E-state index contributed by atoms with van der Waals surface area (Å²) in [6.07, 6.45) is 1.52. The van der Waals surface area contributed by atoms with Gasteiger partial charge in [-0.1, -0.05) is 23.7 Å². The fraction of sp³-hybridized carbons (Fsp3) is 0.226. The standard InChI is InChI=1S/C31H28ClN5O5/c1-35(2)23-9-7-20(27(17-23)41-19-29(38)36-11-13-40-14-12-36)18-33-37-30(34-25-6-4-3-5-24(25)31(37)39)28-16-21-15-22(32)8-10-26(21)42-28/h3-10,15-18H,11-14,19H2,1-2H3. The zero-order valence-electron chi connectivity index (χ0n) is 23.1. The molecule has 42 heavy (non-hydrogen) atoms. The highest BCUT2D eigenvalue weighted by Gasteiger charge is 2.19. The summed E-state index contributed by atoms with van der Waals surface area (Å²) in [7, 11) is 3.83. The molecule has 11 heteroatoms. The summed E-state index contributed by atoms with van der Waals surface area (Å²) in [5, 5.41) is 6.32. The van der Waals surface area contributed by atoms with Crippen molar-refractivity contribution >= 4 is 51.3 Å². The number of morpholine rings is 1. The molecule has 1 amide bonds. The van der Waals surface area contributed by atoms with E-state index in [-0.39, 0.29) is 23.9 Å². The van der Waals surface area contributed by atoms with E-state index in [1.165, 1.54) is 10.9 Å².